The molecule has 2 nitrogen and oxygen atoms in total. The molecule has 0 saturated carbocycles. The summed E-state index contributed by atoms with van der Waals surface area (Å²) in [5.41, 5.74) is -0.167. The summed E-state index contributed by atoms with van der Waals surface area (Å²) in [6.07, 6.45) is 1.72. The van der Waals surface area contributed by atoms with Crippen LogP contribution in [-0.2, 0) is 0 Å². The van der Waals surface area contributed by atoms with Gasteiger partial charge in [0.2, 0.25) is 0 Å². The Bertz CT molecular complexity index is 322. The fourth-order valence-electron chi connectivity index (χ4n) is 0.967. The Hall–Kier alpha value is -0.225. The van der Waals surface area contributed by atoms with Gasteiger partial charge in [0.15, 0.2) is 0 Å². The predicted octanol–water partition coefficient (Wildman–Crippen LogP) is 0.881. The van der Waals surface area contributed by atoms with E-state index in [2.05, 4.69) is 0 Å². The van der Waals surface area contributed by atoms with Crippen LogP contribution in [0.3, 0.4) is 0 Å². The van der Waals surface area contributed by atoms with Crippen molar-refractivity contribution in [2.75, 3.05) is 6.26 Å². The van der Waals surface area contributed by atoms with E-state index in [1.807, 2.05) is 0 Å². The highest BCUT2D eigenvalue weighted by Crippen LogP contribution is 2.19. The average molecular weight is 220 g/mol. The first-order valence-electron chi connectivity index (χ1n) is 3.46. The third-order valence-electron chi connectivity index (χ3n) is 1.57. The van der Waals surface area contributed by atoms with Crippen LogP contribution in [0.25, 0.3) is 0 Å². The normalized spacial score (nSPS) is 10.2. The second-order valence-corrected chi connectivity index (χ2v) is 3.61. The molecule has 0 aliphatic heterocycles. The summed E-state index contributed by atoms with van der Waals surface area (Å²) < 4.78 is 13.2. The van der Waals surface area contributed by atoms with Gasteiger partial charge >= 0.3 is 7.12 Å². The van der Waals surface area contributed by atoms with E-state index in [9.17, 15) is 4.39 Å². The van der Waals surface area contributed by atoms with Gasteiger partial charge in [-0.3, -0.25) is 0 Å². The molecule has 0 atom stereocenters. The van der Waals surface area contributed by atoms with Crippen molar-refractivity contribution in [2.45, 2.75) is 4.90 Å². The summed E-state index contributed by atoms with van der Waals surface area (Å²) >= 11 is 6.71. The third-order valence-corrected chi connectivity index (χ3v) is 2.66. The summed E-state index contributed by atoms with van der Waals surface area (Å²) in [6.45, 7) is 0. The fraction of sp³-hybridized carbons (Fsp3) is 0.143. The Morgan fingerprint density at radius 3 is 2.54 bits per heavy atom. The quantitative estimate of drug-likeness (QED) is 0.574. The number of thioether (sulfide) groups is 1. The van der Waals surface area contributed by atoms with E-state index in [1.54, 1.807) is 12.3 Å². The van der Waals surface area contributed by atoms with Crippen LogP contribution in [0.4, 0.5) is 4.39 Å². The first-order valence-corrected chi connectivity index (χ1v) is 5.06. The minimum absolute atomic E-state index is 0.110. The lowest BCUT2D eigenvalue weighted by Crippen LogP contribution is -2.34. The summed E-state index contributed by atoms with van der Waals surface area (Å²) in [6, 6.07) is 2.93. The van der Waals surface area contributed by atoms with Crippen LogP contribution in [0.5, 0.6) is 0 Å². The fourth-order valence-corrected chi connectivity index (χ4v) is 1.75. The van der Waals surface area contributed by atoms with E-state index in [-0.39, 0.29) is 10.5 Å². The van der Waals surface area contributed by atoms with Crippen LogP contribution in [0.2, 0.25) is 5.02 Å². The Labute approximate surface area is 84.9 Å². The van der Waals surface area contributed by atoms with Gasteiger partial charge in [-0.1, -0.05) is 11.6 Å². The highest BCUT2D eigenvalue weighted by atomic mass is 35.5. The van der Waals surface area contributed by atoms with Crippen molar-refractivity contribution in [2.24, 2.45) is 0 Å². The van der Waals surface area contributed by atoms with E-state index in [4.69, 9.17) is 21.6 Å². The zero-order valence-corrected chi connectivity index (χ0v) is 8.36. The van der Waals surface area contributed by atoms with E-state index < -0.39 is 12.9 Å². The standard InChI is InChI=1S/C7H7BClFO2S/c1-13-5-3-2-4(9)7(10)6(5)8(11)12/h2-3,11-12H,1H3. The van der Waals surface area contributed by atoms with Gasteiger partial charge in [-0.2, -0.15) is 0 Å². The molecule has 0 saturated heterocycles. The Morgan fingerprint density at radius 2 is 2.08 bits per heavy atom. The molecular weight excluding hydrogens is 213 g/mol. The molecule has 0 amide bonds. The van der Waals surface area contributed by atoms with Gasteiger partial charge in [0.25, 0.3) is 0 Å². The zero-order chi connectivity index (χ0) is 10.0. The topological polar surface area (TPSA) is 40.5 Å². The highest BCUT2D eigenvalue weighted by molar-refractivity contribution is 7.98. The van der Waals surface area contributed by atoms with Crippen molar-refractivity contribution in [1.82, 2.24) is 0 Å². The summed E-state index contributed by atoms with van der Waals surface area (Å²) in [5, 5.41) is 17.7. The van der Waals surface area contributed by atoms with Crippen LogP contribution in [-0.4, -0.2) is 23.4 Å². The maximum atomic E-state index is 13.2. The van der Waals surface area contributed by atoms with Crippen LogP contribution in [0.15, 0.2) is 17.0 Å². The molecule has 1 aromatic rings. The third kappa shape index (κ3) is 2.17. The molecule has 1 aromatic carbocycles. The van der Waals surface area contributed by atoms with Crippen LogP contribution in [0.1, 0.15) is 0 Å². The molecule has 70 valence electrons. The van der Waals surface area contributed by atoms with E-state index in [1.165, 1.54) is 17.8 Å². The van der Waals surface area contributed by atoms with Gasteiger partial charge in [0.05, 0.1) is 5.02 Å². The molecule has 0 aromatic heterocycles. The van der Waals surface area contributed by atoms with E-state index in [0.29, 0.717) is 4.90 Å². The largest absolute Gasteiger partial charge is 0.492 e. The molecule has 0 radical (unpaired) electrons. The molecule has 0 bridgehead atoms. The highest BCUT2D eigenvalue weighted by Gasteiger charge is 2.22. The van der Waals surface area contributed by atoms with Gasteiger partial charge in [-0.25, -0.2) is 4.39 Å². The number of hydrogen-bond donors (Lipinski definition) is 2. The number of hydrogen-bond acceptors (Lipinski definition) is 3. The summed E-state index contributed by atoms with van der Waals surface area (Å²) in [5.74, 6) is -0.775. The minimum Gasteiger partial charge on any atom is -0.423 e. The molecule has 0 spiro atoms. The molecule has 0 heterocycles. The smallest absolute Gasteiger partial charge is 0.423 e. The van der Waals surface area contributed by atoms with Gasteiger partial charge in [0, 0.05) is 10.4 Å². The number of benzene rings is 1. The Balaban J connectivity index is 3.32. The van der Waals surface area contributed by atoms with Crippen LogP contribution >= 0.6 is 23.4 Å². The molecule has 0 aliphatic carbocycles. The maximum absolute atomic E-state index is 13.2. The second-order valence-electron chi connectivity index (χ2n) is 2.35. The van der Waals surface area contributed by atoms with Gasteiger partial charge in [0.1, 0.15) is 5.82 Å². The minimum atomic E-state index is -1.83. The first-order chi connectivity index (χ1) is 6.07. The lowest BCUT2D eigenvalue weighted by atomic mass is 9.80. The zero-order valence-electron chi connectivity index (χ0n) is 6.79. The van der Waals surface area contributed by atoms with E-state index in [0.717, 1.165) is 0 Å². The van der Waals surface area contributed by atoms with Gasteiger partial charge in [-0.05, 0) is 18.4 Å². The van der Waals surface area contributed by atoms with Gasteiger partial charge < -0.3 is 10.0 Å². The van der Waals surface area contributed by atoms with Crippen LogP contribution < -0.4 is 5.46 Å². The summed E-state index contributed by atoms with van der Waals surface area (Å²) in [4.78, 5) is 0.469. The van der Waals surface area contributed by atoms with Crippen molar-refractivity contribution in [3.05, 3.63) is 23.0 Å². The van der Waals surface area contributed by atoms with Gasteiger partial charge in [-0.15, -0.1) is 11.8 Å². The number of halogens is 2. The Kier molecular flexibility index (Phi) is 3.61. The van der Waals surface area contributed by atoms with Crippen molar-refractivity contribution in [1.29, 1.82) is 0 Å². The van der Waals surface area contributed by atoms with E-state index >= 15 is 0 Å². The average Bonchev–Trinajstić information content (AvgIpc) is 2.08. The molecule has 1 rings (SSSR count). The number of rotatable bonds is 2. The molecule has 6 heteroatoms. The SMILES string of the molecule is CSc1ccc(Cl)c(F)c1B(O)O. The molecule has 0 unspecified atom stereocenters. The van der Waals surface area contributed by atoms with Crippen molar-refractivity contribution in [3.8, 4) is 0 Å². The molecule has 0 aliphatic rings. The Morgan fingerprint density at radius 1 is 1.46 bits per heavy atom. The van der Waals surface area contributed by atoms with Crippen molar-refractivity contribution in [3.63, 3.8) is 0 Å². The molecular formula is C7H7BClFO2S. The molecule has 0 fully saturated rings. The van der Waals surface area contributed by atoms with Crippen molar-refractivity contribution < 1.29 is 14.4 Å². The predicted molar refractivity (Wildman–Crippen MR) is 53.0 cm³/mol. The van der Waals surface area contributed by atoms with Crippen LogP contribution in [0, 0.1) is 5.82 Å². The lowest BCUT2D eigenvalue weighted by Gasteiger charge is -2.08. The van der Waals surface area contributed by atoms with Crippen molar-refractivity contribution >= 4 is 35.9 Å². The monoisotopic (exact) mass is 220 g/mol. The molecule has 13 heavy (non-hydrogen) atoms. The second kappa shape index (κ2) is 4.33. The summed E-state index contributed by atoms with van der Waals surface area (Å²) in [7, 11) is -1.83. The maximum Gasteiger partial charge on any atom is 0.492 e. The first kappa shape index (κ1) is 10.9. The lowest BCUT2D eigenvalue weighted by molar-refractivity contribution is 0.422. The molecule has 2 N–H and O–H groups in total.